The molecule has 1 unspecified atom stereocenters. The molecule has 0 bridgehead atoms. The van der Waals surface area contributed by atoms with Gasteiger partial charge in [0, 0.05) is 32.7 Å². The van der Waals surface area contributed by atoms with E-state index in [0.717, 1.165) is 19.5 Å². The number of hydrogen-bond acceptors (Lipinski definition) is 4. The molecule has 1 fully saturated rings. The third kappa shape index (κ3) is 4.13. The number of nitrogens with two attached hydrogens (primary N) is 1. The maximum Gasteiger partial charge on any atom is 0.281 e. The van der Waals surface area contributed by atoms with Crippen LogP contribution in [0.15, 0.2) is 0 Å². The molecule has 0 spiro atoms. The van der Waals surface area contributed by atoms with E-state index in [1.807, 2.05) is 0 Å². The molecule has 0 aromatic heterocycles. The van der Waals surface area contributed by atoms with Crippen LogP contribution in [0.25, 0.3) is 0 Å². The molecule has 6 nitrogen and oxygen atoms in total. The zero-order valence-corrected chi connectivity index (χ0v) is 13.2. The van der Waals surface area contributed by atoms with E-state index in [0.29, 0.717) is 38.6 Å². The van der Waals surface area contributed by atoms with Crippen LogP contribution < -0.4 is 5.73 Å². The summed E-state index contributed by atoms with van der Waals surface area (Å²) in [5, 5.41) is 0. The fraction of sp³-hybridized carbons (Fsp3) is 1.00. The van der Waals surface area contributed by atoms with Gasteiger partial charge in [-0.2, -0.15) is 17.0 Å². The normalized spacial score (nSPS) is 21.7. The standard InChI is InChI=1S/C12H28N4O2S/c1-4-15(5-2)12-7-10-16(11-12)19(17,18)14(3)9-6-8-13/h12H,4-11,13H2,1-3H3. The molecule has 114 valence electrons. The Hall–Kier alpha value is -0.210. The molecule has 1 atom stereocenters. The van der Waals surface area contributed by atoms with Crippen molar-refractivity contribution >= 4 is 10.2 Å². The van der Waals surface area contributed by atoms with Crippen molar-refractivity contribution in [3.05, 3.63) is 0 Å². The largest absolute Gasteiger partial charge is 0.330 e. The van der Waals surface area contributed by atoms with Crippen molar-refractivity contribution in [3.8, 4) is 0 Å². The predicted molar refractivity (Wildman–Crippen MR) is 78.1 cm³/mol. The highest BCUT2D eigenvalue weighted by Crippen LogP contribution is 2.20. The van der Waals surface area contributed by atoms with Crippen LogP contribution in [0.5, 0.6) is 0 Å². The van der Waals surface area contributed by atoms with E-state index in [4.69, 9.17) is 5.73 Å². The molecule has 19 heavy (non-hydrogen) atoms. The van der Waals surface area contributed by atoms with Gasteiger partial charge in [-0.15, -0.1) is 0 Å². The Labute approximate surface area is 117 Å². The molecule has 1 aliphatic heterocycles. The van der Waals surface area contributed by atoms with Crippen LogP contribution in [0.4, 0.5) is 0 Å². The Kier molecular flexibility index (Phi) is 6.68. The van der Waals surface area contributed by atoms with Crippen molar-refractivity contribution in [3.63, 3.8) is 0 Å². The number of hydrogen-bond donors (Lipinski definition) is 1. The van der Waals surface area contributed by atoms with E-state index in [1.54, 1.807) is 11.4 Å². The van der Waals surface area contributed by atoms with Crippen molar-refractivity contribution in [2.45, 2.75) is 32.7 Å². The summed E-state index contributed by atoms with van der Waals surface area (Å²) >= 11 is 0. The Morgan fingerprint density at radius 1 is 1.32 bits per heavy atom. The second-order valence-corrected chi connectivity index (χ2v) is 7.03. The van der Waals surface area contributed by atoms with Crippen LogP contribution in [0.1, 0.15) is 26.7 Å². The Bertz CT molecular complexity index is 357. The van der Waals surface area contributed by atoms with Crippen LogP contribution in [0.3, 0.4) is 0 Å². The summed E-state index contributed by atoms with van der Waals surface area (Å²) in [6.07, 6.45) is 1.62. The van der Waals surface area contributed by atoms with Gasteiger partial charge < -0.3 is 5.73 Å². The van der Waals surface area contributed by atoms with Crippen LogP contribution in [0, 0.1) is 0 Å². The van der Waals surface area contributed by atoms with Crippen LogP contribution in [-0.4, -0.2) is 74.3 Å². The van der Waals surface area contributed by atoms with E-state index in [2.05, 4.69) is 18.7 Å². The SMILES string of the molecule is CCN(CC)C1CCN(S(=O)(=O)N(C)CCCN)C1. The molecule has 7 heteroatoms. The Morgan fingerprint density at radius 3 is 2.47 bits per heavy atom. The molecule has 0 saturated carbocycles. The molecule has 1 saturated heterocycles. The predicted octanol–water partition coefficient (Wildman–Crippen LogP) is -0.0721. The van der Waals surface area contributed by atoms with Gasteiger partial charge in [0.05, 0.1) is 0 Å². The molecule has 0 aromatic rings. The summed E-state index contributed by atoms with van der Waals surface area (Å²) in [7, 11) is -1.67. The first-order valence-electron chi connectivity index (χ1n) is 7.12. The second-order valence-electron chi connectivity index (χ2n) is 4.99. The molecule has 0 aliphatic carbocycles. The van der Waals surface area contributed by atoms with Crippen molar-refractivity contribution in [1.82, 2.24) is 13.5 Å². The highest BCUT2D eigenvalue weighted by atomic mass is 32.2. The summed E-state index contributed by atoms with van der Waals surface area (Å²) in [6, 6.07) is 0.354. The third-order valence-electron chi connectivity index (χ3n) is 3.85. The van der Waals surface area contributed by atoms with Crippen LogP contribution in [0.2, 0.25) is 0 Å². The summed E-state index contributed by atoms with van der Waals surface area (Å²) in [5.41, 5.74) is 5.43. The zero-order chi connectivity index (χ0) is 14.5. The topological polar surface area (TPSA) is 69.9 Å². The molecule has 1 aliphatic rings. The minimum atomic E-state index is -3.31. The van der Waals surface area contributed by atoms with E-state index in [1.165, 1.54) is 4.31 Å². The first-order chi connectivity index (χ1) is 8.97. The number of likely N-dealkylation sites (N-methyl/N-ethyl adjacent to an activating group) is 1. The van der Waals surface area contributed by atoms with E-state index >= 15 is 0 Å². The molecule has 1 heterocycles. The smallest absolute Gasteiger partial charge is 0.281 e. The summed E-state index contributed by atoms with van der Waals surface area (Å²) in [4.78, 5) is 2.33. The average molecular weight is 292 g/mol. The van der Waals surface area contributed by atoms with Gasteiger partial charge in [0.25, 0.3) is 10.2 Å². The van der Waals surface area contributed by atoms with Crippen LogP contribution >= 0.6 is 0 Å². The van der Waals surface area contributed by atoms with Crippen molar-refractivity contribution in [2.24, 2.45) is 5.73 Å². The van der Waals surface area contributed by atoms with Gasteiger partial charge in [-0.25, -0.2) is 0 Å². The van der Waals surface area contributed by atoms with Gasteiger partial charge in [-0.3, -0.25) is 4.90 Å². The van der Waals surface area contributed by atoms with Gasteiger partial charge in [0.2, 0.25) is 0 Å². The molecule has 2 N–H and O–H groups in total. The molecule has 0 amide bonds. The number of rotatable bonds is 8. The minimum Gasteiger partial charge on any atom is -0.330 e. The van der Waals surface area contributed by atoms with Gasteiger partial charge in [0.1, 0.15) is 0 Å². The lowest BCUT2D eigenvalue weighted by Gasteiger charge is -2.27. The van der Waals surface area contributed by atoms with Gasteiger partial charge >= 0.3 is 0 Å². The Balaban J connectivity index is 2.62. The average Bonchev–Trinajstić information content (AvgIpc) is 2.87. The van der Waals surface area contributed by atoms with Gasteiger partial charge in [-0.05, 0) is 32.5 Å². The van der Waals surface area contributed by atoms with E-state index in [9.17, 15) is 8.42 Å². The van der Waals surface area contributed by atoms with Crippen molar-refractivity contribution in [2.75, 3.05) is 46.3 Å². The molecular weight excluding hydrogens is 264 g/mol. The maximum atomic E-state index is 12.4. The van der Waals surface area contributed by atoms with E-state index in [-0.39, 0.29) is 0 Å². The molecular formula is C12H28N4O2S. The zero-order valence-electron chi connectivity index (χ0n) is 12.4. The van der Waals surface area contributed by atoms with Gasteiger partial charge in [-0.1, -0.05) is 13.8 Å². The van der Waals surface area contributed by atoms with Crippen molar-refractivity contribution in [1.29, 1.82) is 0 Å². The quantitative estimate of drug-likeness (QED) is 0.680. The molecule has 0 radical (unpaired) electrons. The third-order valence-corrected chi connectivity index (χ3v) is 5.81. The lowest BCUT2D eigenvalue weighted by molar-refractivity contribution is 0.223. The van der Waals surface area contributed by atoms with Crippen LogP contribution in [-0.2, 0) is 10.2 Å². The highest BCUT2D eigenvalue weighted by molar-refractivity contribution is 7.86. The highest BCUT2D eigenvalue weighted by Gasteiger charge is 2.35. The summed E-state index contributed by atoms with van der Waals surface area (Å²) in [5.74, 6) is 0. The fourth-order valence-electron chi connectivity index (χ4n) is 2.58. The summed E-state index contributed by atoms with van der Waals surface area (Å²) < 4.78 is 27.8. The minimum absolute atomic E-state index is 0.354. The first-order valence-corrected chi connectivity index (χ1v) is 8.52. The summed E-state index contributed by atoms with van der Waals surface area (Å²) in [6.45, 7) is 8.42. The van der Waals surface area contributed by atoms with E-state index < -0.39 is 10.2 Å². The lowest BCUT2D eigenvalue weighted by atomic mass is 10.2. The number of nitrogens with zero attached hydrogens (tertiary/aromatic N) is 3. The monoisotopic (exact) mass is 292 g/mol. The fourth-order valence-corrected chi connectivity index (χ4v) is 4.04. The maximum absolute atomic E-state index is 12.4. The molecule has 0 aromatic carbocycles. The Morgan fingerprint density at radius 2 is 1.95 bits per heavy atom. The lowest BCUT2D eigenvalue weighted by Crippen LogP contribution is -2.43. The first kappa shape index (κ1) is 16.8. The second kappa shape index (κ2) is 7.54. The molecule has 1 rings (SSSR count). The van der Waals surface area contributed by atoms with Crippen molar-refractivity contribution < 1.29 is 8.42 Å². The van der Waals surface area contributed by atoms with Gasteiger partial charge in [0.15, 0.2) is 0 Å².